The van der Waals surface area contributed by atoms with Crippen LogP contribution >= 0.6 is 22.7 Å². The molecule has 5 rings (SSSR count). The smallest absolute Gasteiger partial charge is 0.142 e. The van der Waals surface area contributed by atoms with Crippen LogP contribution in [0.1, 0.15) is 16.9 Å². The predicted octanol–water partition coefficient (Wildman–Crippen LogP) is 6.72. The van der Waals surface area contributed by atoms with E-state index in [4.69, 9.17) is 9.47 Å². The second kappa shape index (κ2) is 9.20. The number of thiazole rings is 1. The van der Waals surface area contributed by atoms with Crippen molar-refractivity contribution in [2.45, 2.75) is 19.8 Å². The monoisotopic (exact) mass is 462 g/mol. The molecule has 0 aliphatic rings. The molecule has 1 N–H and O–H groups in total. The van der Waals surface area contributed by atoms with Gasteiger partial charge in [0.1, 0.15) is 28.5 Å². The molecular formula is C24H22N4O2S2. The van der Waals surface area contributed by atoms with Crippen molar-refractivity contribution in [3.63, 3.8) is 0 Å². The Hall–Kier alpha value is -3.07. The Bertz CT molecular complexity index is 1380. The lowest BCUT2D eigenvalue weighted by atomic mass is 10.2. The zero-order chi connectivity index (χ0) is 21.9. The van der Waals surface area contributed by atoms with Crippen LogP contribution in [0.3, 0.4) is 0 Å². The third-order valence-corrected chi connectivity index (χ3v) is 7.03. The van der Waals surface area contributed by atoms with E-state index >= 15 is 0 Å². The normalized spacial score (nSPS) is 11.3. The van der Waals surface area contributed by atoms with Crippen LogP contribution in [-0.4, -0.2) is 28.7 Å². The van der Waals surface area contributed by atoms with Crippen molar-refractivity contribution in [1.82, 2.24) is 15.0 Å². The standard InChI is InChI=1S/C24H22N4O2S2/c1-15-10-16(5-7-21(15)30-17-6-8-22-20(11-17)27-14-31-22)28-23-19-12-18(4-3-9-29-2)32-24(19)26-13-25-23/h5-8,10-14H,3-4,9H2,1-2H3,(H,25,26,28). The van der Waals surface area contributed by atoms with E-state index in [1.807, 2.05) is 42.8 Å². The maximum Gasteiger partial charge on any atom is 0.142 e. The van der Waals surface area contributed by atoms with Crippen molar-refractivity contribution in [3.8, 4) is 11.5 Å². The minimum atomic E-state index is 0.760. The van der Waals surface area contributed by atoms with Gasteiger partial charge in [0.15, 0.2) is 0 Å². The predicted molar refractivity (Wildman–Crippen MR) is 132 cm³/mol. The zero-order valence-corrected chi connectivity index (χ0v) is 19.4. The molecule has 0 fully saturated rings. The van der Waals surface area contributed by atoms with Crippen LogP contribution in [0.25, 0.3) is 20.4 Å². The minimum absolute atomic E-state index is 0.760. The Balaban J connectivity index is 1.34. The molecule has 0 spiro atoms. The number of hydrogen-bond donors (Lipinski definition) is 1. The van der Waals surface area contributed by atoms with Gasteiger partial charge in [-0.05, 0) is 61.7 Å². The van der Waals surface area contributed by atoms with Crippen molar-refractivity contribution in [2.24, 2.45) is 0 Å². The zero-order valence-electron chi connectivity index (χ0n) is 17.8. The summed E-state index contributed by atoms with van der Waals surface area (Å²) >= 11 is 3.33. The van der Waals surface area contributed by atoms with Gasteiger partial charge in [-0.1, -0.05) is 0 Å². The highest BCUT2D eigenvalue weighted by atomic mass is 32.1. The highest BCUT2D eigenvalue weighted by Gasteiger charge is 2.11. The molecule has 0 atom stereocenters. The second-order valence-electron chi connectivity index (χ2n) is 7.44. The van der Waals surface area contributed by atoms with Crippen LogP contribution in [0, 0.1) is 6.92 Å². The van der Waals surface area contributed by atoms with Crippen molar-refractivity contribution in [3.05, 3.63) is 64.7 Å². The van der Waals surface area contributed by atoms with Crippen LogP contribution in [0.15, 0.2) is 54.3 Å². The molecule has 0 bridgehead atoms. The van der Waals surface area contributed by atoms with Gasteiger partial charge in [0, 0.05) is 30.3 Å². The summed E-state index contributed by atoms with van der Waals surface area (Å²) in [6.07, 6.45) is 3.58. The fraction of sp³-hybridized carbons (Fsp3) is 0.208. The molecule has 0 unspecified atom stereocenters. The third-order valence-electron chi connectivity index (χ3n) is 5.12. The molecule has 8 heteroatoms. The summed E-state index contributed by atoms with van der Waals surface area (Å²) in [4.78, 5) is 15.6. The van der Waals surface area contributed by atoms with E-state index in [2.05, 4.69) is 32.4 Å². The number of thiophene rings is 1. The first-order chi connectivity index (χ1) is 15.7. The lowest BCUT2D eigenvalue weighted by molar-refractivity contribution is 0.195. The van der Waals surface area contributed by atoms with Crippen LogP contribution in [-0.2, 0) is 11.2 Å². The van der Waals surface area contributed by atoms with E-state index in [1.54, 1.807) is 36.1 Å². The van der Waals surface area contributed by atoms with Crippen LogP contribution < -0.4 is 10.1 Å². The largest absolute Gasteiger partial charge is 0.457 e. The van der Waals surface area contributed by atoms with Gasteiger partial charge in [-0.15, -0.1) is 22.7 Å². The summed E-state index contributed by atoms with van der Waals surface area (Å²) in [5.41, 5.74) is 4.79. The molecule has 0 saturated carbocycles. The first kappa shape index (κ1) is 20.8. The number of anilines is 2. The molecule has 0 saturated heterocycles. The fourth-order valence-electron chi connectivity index (χ4n) is 3.53. The first-order valence-corrected chi connectivity index (χ1v) is 12.0. The third kappa shape index (κ3) is 4.43. The van der Waals surface area contributed by atoms with Crippen LogP contribution in [0.5, 0.6) is 11.5 Å². The van der Waals surface area contributed by atoms with Gasteiger partial charge in [-0.25, -0.2) is 15.0 Å². The number of aromatic nitrogens is 3. The molecule has 5 aromatic rings. The van der Waals surface area contributed by atoms with Gasteiger partial charge >= 0.3 is 0 Å². The van der Waals surface area contributed by atoms with E-state index < -0.39 is 0 Å². The van der Waals surface area contributed by atoms with Crippen LogP contribution in [0.4, 0.5) is 11.5 Å². The number of ether oxygens (including phenoxy) is 2. The topological polar surface area (TPSA) is 69.2 Å². The van der Waals surface area contributed by atoms with Crippen molar-refractivity contribution in [2.75, 3.05) is 19.0 Å². The number of rotatable bonds is 8. The summed E-state index contributed by atoms with van der Waals surface area (Å²) in [5.74, 6) is 2.41. The number of benzene rings is 2. The summed E-state index contributed by atoms with van der Waals surface area (Å²) in [7, 11) is 1.73. The summed E-state index contributed by atoms with van der Waals surface area (Å²) < 4.78 is 12.4. The lowest BCUT2D eigenvalue weighted by Gasteiger charge is -2.12. The molecule has 162 valence electrons. The molecule has 2 aromatic carbocycles. The number of methoxy groups -OCH3 is 1. The SMILES string of the molecule is COCCCc1cc2c(Nc3ccc(Oc4ccc5scnc5c4)c(C)c3)ncnc2s1. The summed E-state index contributed by atoms with van der Waals surface area (Å²) in [6.45, 7) is 2.80. The number of fused-ring (bicyclic) bond motifs is 2. The Labute approximate surface area is 193 Å². The highest BCUT2D eigenvalue weighted by molar-refractivity contribution is 7.18. The highest BCUT2D eigenvalue weighted by Crippen LogP contribution is 2.33. The Morgan fingerprint density at radius 1 is 1.03 bits per heavy atom. The van der Waals surface area contributed by atoms with Crippen molar-refractivity contribution in [1.29, 1.82) is 0 Å². The maximum atomic E-state index is 6.11. The van der Waals surface area contributed by atoms with Gasteiger partial charge in [-0.2, -0.15) is 0 Å². The van der Waals surface area contributed by atoms with Gasteiger partial charge in [-0.3, -0.25) is 0 Å². The fourth-order valence-corrected chi connectivity index (χ4v) is 5.22. The second-order valence-corrected chi connectivity index (χ2v) is 9.44. The summed E-state index contributed by atoms with van der Waals surface area (Å²) in [5, 5.41) is 4.49. The number of nitrogens with one attached hydrogen (secondary N) is 1. The van der Waals surface area contributed by atoms with Gasteiger partial charge in [0.2, 0.25) is 0 Å². The lowest BCUT2D eigenvalue weighted by Crippen LogP contribution is -1.96. The van der Waals surface area contributed by atoms with E-state index in [-0.39, 0.29) is 0 Å². The van der Waals surface area contributed by atoms with Crippen molar-refractivity contribution >= 4 is 54.6 Å². The summed E-state index contributed by atoms with van der Waals surface area (Å²) in [6, 6.07) is 14.2. The van der Waals surface area contributed by atoms with Crippen molar-refractivity contribution < 1.29 is 9.47 Å². The van der Waals surface area contributed by atoms with E-state index in [0.29, 0.717) is 0 Å². The number of aryl methyl sites for hydroxylation is 2. The first-order valence-electron chi connectivity index (χ1n) is 10.3. The van der Waals surface area contributed by atoms with E-state index in [1.165, 1.54) is 4.88 Å². The van der Waals surface area contributed by atoms with Crippen LogP contribution in [0.2, 0.25) is 0 Å². The molecule has 3 heterocycles. The molecule has 3 aromatic heterocycles. The quantitative estimate of drug-likeness (QED) is 0.258. The maximum absolute atomic E-state index is 6.11. The Morgan fingerprint density at radius 2 is 1.97 bits per heavy atom. The number of nitrogens with zero attached hydrogens (tertiary/aromatic N) is 3. The molecule has 0 aliphatic heterocycles. The average molecular weight is 463 g/mol. The molecule has 6 nitrogen and oxygen atoms in total. The molecule has 0 amide bonds. The van der Waals surface area contributed by atoms with E-state index in [0.717, 1.165) is 68.4 Å². The molecule has 0 aliphatic carbocycles. The van der Waals surface area contributed by atoms with Gasteiger partial charge < -0.3 is 14.8 Å². The molecule has 32 heavy (non-hydrogen) atoms. The van der Waals surface area contributed by atoms with Gasteiger partial charge in [0.05, 0.1) is 21.1 Å². The minimum Gasteiger partial charge on any atom is -0.457 e. The van der Waals surface area contributed by atoms with Gasteiger partial charge in [0.25, 0.3) is 0 Å². The molecule has 0 radical (unpaired) electrons. The Morgan fingerprint density at radius 3 is 2.84 bits per heavy atom. The van der Waals surface area contributed by atoms with E-state index in [9.17, 15) is 0 Å². The Kier molecular flexibility index (Phi) is 5.98. The average Bonchev–Trinajstić information content (AvgIpc) is 3.42. The number of hydrogen-bond acceptors (Lipinski definition) is 8. The molecular weight excluding hydrogens is 440 g/mol.